The van der Waals surface area contributed by atoms with Gasteiger partial charge in [0.15, 0.2) is 5.69 Å². The van der Waals surface area contributed by atoms with Crippen LogP contribution in [-0.4, -0.2) is 47.3 Å². The minimum Gasteiger partial charge on any atom is -0.459 e. The van der Waals surface area contributed by atoms with Gasteiger partial charge < -0.3 is 4.74 Å². The molecule has 0 fully saturated rings. The Morgan fingerprint density at radius 2 is 2.25 bits per heavy atom. The number of nitro benzene ring substituents is 1. The van der Waals surface area contributed by atoms with Crippen LogP contribution in [0.4, 0.5) is 5.69 Å². The highest BCUT2D eigenvalue weighted by atomic mass is 16.6. The van der Waals surface area contributed by atoms with Crippen molar-refractivity contribution in [1.82, 2.24) is 29.8 Å². The number of rotatable bonds is 6. The van der Waals surface area contributed by atoms with Crippen molar-refractivity contribution in [3.8, 4) is 5.69 Å². The molecule has 0 spiro atoms. The van der Waals surface area contributed by atoms with Gasteiger partial charge in [-0.25, -0.2) is 19.1 Å². The number of nitro groups is 1. The van der Waals surface area contributed by atoms with E-state index in [9.17, 15) is 14.9 Å². The SMILES string of the molecule is O=C(OCCn1cncn1)c1cn(-c2cccc([N+](=O)[O-])c2)nn1. The van der Waals surface area contributed by atoms with Crippen molar-refractivity contribution in [3.63, 3.8) is 0 Å². The highest BCUT2D eigenvalue weighted by Crippen LogP contribution is 2.16. The van der Waals surface area contributed by atoms with E-state index in [0.717, 1.165) is 0 Å². The van der Waals surface area contributed by atoms with E-state index < -0.39 is 10.9 Å². The average Bonchev–Trinajstić information content (AvgIpc) is 3.26. The lowest BCUT2D eigenvalue weighted by Gasteiger charge is -2.02. The number of aromatic nitrogens is 6. The van der Waals surface area contributed by atoms with Gasteiger partial charge in [0.1, 0.15) is 19.3 Å². The summed E-state index contributed by atoms with van der Waals surface area (Å²) < 4.78 is 7.85. The highest BCUT2D eigenvalue weighted by Gasteiger charge is 2.14. The van der Waals surface area contributed by atoms with Crippen LogP contribution < -0.4 is 0 Å². The van der Waals surface area contributed by atoms with Crippen LogP contribution in [-0.2, 0) is 11.3 Å². The van der Waals surface area contributed by atoms with Crippen molar-refractivity contribution in [1.29, 1.82) is 0 Å². The lowest BCUT2D eigenvalue weighted by Crippen LogP contribution is -2.12. The van der Waals surface area contributed by atoms with Crippen molar-refractivity contribution >= 4 is 11.7 Å². The molecule has 0 aliphatic rings. The monoisotopic (exact) mass is 329 g/mol. The van der Waals surface area contributed by atoms with Crippen molar-refractivity contribution in [2.75, 3.05) is 6.61 Å². The Morgan fingerprint density at radius 3 is 3.00 bits per heavy atom. The molecule has 0 aliphatic carbocycles. The van der Waals surface area contributed by atoms with Gasteiger partial charge in [0.25, 0.3) is 5.69 Å². The summed E-state index contributed by atoms with van der Waals surface area (Å²) in [4.78, 5) is 25.9. The summed E-state index contributed by atoms with van der Waals surface area (Å²) in [7, 11) is 0. The Morgan fingerprint density at radius 1 is 1.38 bits per heavy atom. The van der Waals surface area contributed by atoms with E-state index in [-0.39, 0.29) is 18.0 Å². The molecule has 2 heterocycles. The van der Waals surface area contributed by atoms with Crippen molar-refractivity contribution in [3.05, 3.63) is 58.9 Å². The minimum absolute atomic E-state index is 0.0000893. The Kier molecular flexibility index (Phi) is 4.23. The molecule has 0 amide bonds. The van der Waals surface area contributed by atoms with Gasteiger partial charge in [-0.15, -0.1) is 5.10 Å². The molecule has 0 saturated carbocycles. The van der Waals surface area contributed by atoms with Crippen LogP contribution in [0.5, 0.6) is 0 Å². The first-order chi connectivity index (χ1) is 11.6. The topological polar surface area (TPSA) is 131 Å². The Bertz CT molecular complexity index is 859. The number of carbonyl (C=O) groups excluding carboxylic acids is 1. The van der Waals surface area contributed by atoms with Crippen LogP contribution >= 0.6 is 0 Å². The molecular formula is C13H11N7O4. The van der Waals surface area contributed by atoms with Gasteiger partial charge in [0.2, 0.25) is 0 Å². The van der Waals surface area contributed by atoms with Gasteiger partial charge >= 0.3 is 5.97 Å². The summed E-state index contributed by atoms with van der Waals surface area (Å²) in [5.41, 5.74) is 0.332. The molecule has 122 valence electrons. The molecule has 0 atom stereocenters. The third-order valence-electron chi connectivity index (χ3n) is 3.03. The second kappa shape index (κ2) is 6.64. The molecule has 0 N–H and O–H groups in total. The smallest absolute Gasteiger partial charge is 0.360 e. The highest BCUT2D eigenvalue weighted by molar-refractivity contribution is 5.86. The van der Waals surface area contributed by atoms with Gasteiger partial charge in [-0.05, 0) is 6.07 Å². The molecule has 11 nitrogen and oxygen atoms in total. The zero-order chi connectivity index (χ0) is 16.9. The Labute approximate surface area is 134 Å². The third kappa shape index (κ3) is 3.40. The van der Waals surface area contributed by atoms with E-state index >= 15 is 0 Å². The lowest BCUT2D eigenvalue weighted by atomic mass is 10.3. The number of esters is 1. The third-order valence-corrected chi connectivity index (χ3v) is 3.03. The molecule has 0 radical (unpaired) electrons. The van der Waals surface area contributed by atoms with Crippen LogP contribution in [0.15, 0.2) is 43.1 Å². The molecule has 11 heteroatoms. The van der Waals surface area contributed by atoms with Crippen LogP contribution in [0.3, 0.4) is 0 Å². The first kappa shape index (κ1) is 15.3. The number of hydrogen-bond acceptors (Lipinski definition) is 8. The van der Waals surface area contributed by atoms with Gasteiger partial charge in [0, 0.05) is 12.1 Å². The van der Waals surface area contributed by atoms with E-state index in [0.29, 0.717) is 12.2 Å². The fraction of sp³-hybridized carbons (Fsp3) is 0.154. The molecule has 0 aliphatic heterocycles. The maximum absolute atomic E-state index is 11.9. The Balaban J connectivity index is 1.65. The van der Waals surface area contributed by atoms with Crippen molar-refractivity contribution < 1.29 is 14.5 Å². The molecule has 2 aromatic heterocycles. The Hall–Kier alpha value is -3.63. The van der Waals surface area contributed by atoms with Gasteiger partial charge in [-0.2, -0.15) is 5.10 Å². The lowest BCUT2D eigenvalue weighted by molar-refractivity contribution is -0.384. The van der Waals surface area contributed by atoms with Crippen molar-refractivity contribution in [2.45, 2.75) is 6.54 Å². The molecule has 0 saturated heterocycles. The predicted octanol–water partition coefficient (Wildman–Crippen LogP) is 0.624. The maximum Gasteiger partial charge on any atom is 0.360 e. The van der Waals surface area contributed by atoms with E-state index in [1.165, 1.54) is 46.4 Å². The number of nitrogens with zero attached hydrogens (tertiary/aromatic N) is 7. The maximum atomic E-state index is 11.9. The van der Waals surface area contributed by atoms with Crippen LogP contribution in [0.2, 0.25) is 0 Å². The fourth-order valence-corrected chi connectivity index (χ4v) is 1.89. The molecular weight excluding hydrogens is 318 g/mol. The standard InChI is InChI=1S/C13H11N7O4/c21-13(24-5-4-18-9-14-8-15-18)12-7-19(17-16-12)10-2-1-3-11(6-10)20(22)23/h1-3,6-9H,4-5H2. The van der Waals surface area contributed by atoms with E-state index in [1.54, 1.807) is 6.07 Å². The van der Waals surface area contributed by atoms with Gasteiger partial charge in [0.05, 0.1) is 23.4 Å². The number of carbonyl (C=O) groups is 1. The fourth-order valence-electron chi connectivity index (χ4n) is 1.89. The number of ether oxygens (including phenoxy) is 1. The van der Waals surface area contributed by atoms with Crippen LogP contribution in [0.25, 0.3) is 5.69 Å². The average molecular weight is 329 g/mol. The van der Waals surface area contributed by atoms with Crippen LogP contribution in [0.1, 0.15) is 10.5 Å². The van der Waals surface area contributed by atoms with E-state index in [2.05, 4.69) is 20.4 Å². The number of hydrogen-bond donors (Lipinski definition) is 0. The molecule has 0 unspecified atom stereocenters. The van der Waals surface area contributed by atoms with Crippen LogP contribution in [0, 0.1) is 10.1 Å². The minimum atomic E-state index is -0.646. The summed E-state index contributed by atoms with van der Waals surface area (Å²) in [5.74, 6) is -0.646. The summed E-state index contributed by atoms with van der Waals surface area (Å²) in [6.07, 6.45) is 4.23. The summed E-state index contributed by atoms with van der Waals surface area (Å²) >= 11 is 0. The zero-order valence-electron chi connectivity index (χ0n) is 12.2. The first-order valence-corrected chi connectivity index (χ1v) is 6.80. The summed E-state index contributed by atoms with van der Waals surface area (Å²) in [5, 5.41) is 22.2. The number of non-ortho nitro benzene ring substituents is 1. The zero-order valence-corrected chi connectivity index (χ0v) is 12.2. The second-order valence-electron chi connectivity index (χ2n) is 4.62. The molecule has 3 aromatic rings. The molecule has 1 aromatic carbocycles. The molecule has 3 rings (SSSR count). The largest absolute Gasteiger partial charge is 0.459 e. The normalized spacial score (nSPS) is 10.5. The van der Waals surface area contributed by atoms with Gasteiger partial charge in [-0.1, -0.05) is 11.3 Å². The molecule has 24 heavy (non-hydrogen) atoms. The second-order valence-corrected chi connectivity index (χ2v) is 4.62. The quantitative estimate of drug-likeness (QED) is 0.365. The predicted molar refractivity (Wildman–Crippen MR) is 78.3 cm³/mol. The molecule has 0 bridgehead atoms. The van der Waals surface area contributed by atoms with Crippen molar-refractivity contribution in [2.24, 2.45) is 0 Å². The van der Waals surface area contributed by atoms with E-state index in [4.69, 9.17) is 4.74 Å². The van der Waals surface area contributed by atoms with E-state index in [1.807, 2.05) is 0 Å². The van der Waals surface area contributed by atoms with Gasteiger partial charge in [-0.3, -0.25) is 10.1 Å². The number of benzene rings is 1. The summed E-state index contributed by atoms with van der Waals surface area (Å²) in [6, 6.07) is 5.82. The first-order valence-electron chi connectivity index (χ1n) is 6.80. The summed E-state index contributed by atoms with van der Waals surface area (Å²) in [6.45, 7) is 0.469.